The first kappa shape index (κ1) is 18.1. The van der Waals surface area contributed by atoms with Crippen LogP contribution >= 0.6 is 11.3 Å². The predicted octanol–water partition coefficient (Wildman–Crippen LogP) is 3.82. The minimum Gasteiger partial charge on any atom is -0.494 e. The monoisotopic (exact) mass is 370 g/mol. The molecule has 3 aromatic rings. The number of aryl methyl sites for hydroxylation is 3. The number of hydrogen-bond donors (Lipinski definition) is 1. The second-order valence-corrected chi connectivity index (χ2v) is 6.88. The third-order valence-electron chi connectivity index (χ3n) is 3.96. The van der Waals surface area contributed by atoms with E-state index in [2.05, 4.69) is 15.3 Å². The fourth-order valence-electron chi connectivity index (χ4n) is 2.68. The topological polar surface area (TPSA) is 69.0 Å². The molecule has 1 aromatic carbocycles. The van der Waals surface area contributed by atoms with Gasteiger partial charge in [0.2, 0.25) is 5.91 Å². The summed E-state index contributed by atoms with van der Waals surface area (Å²) < 4.78 is 7.55. The zero-order valence-corrected chi connectivity index (χ0v) is 16.0. The number of anilines is 1. The number of nitrogens with one attached hydrogen (secondary N) is 1. The van der Waals surface area contributed by atoms with Gasteiger partial charge in [-0.1, -0.05) is 29.5 Å². The molecule has 1 N–H and O–H groups in total. The molecular weight excluding hydrogens is 348 g/mol. The Balaban J connectivity index is 1.63. The molecule has 0 fully saturated rings. The number of aromatic nitrogens is 3. The minimum absolute atomic E-state index is 0.0589. The normalized spacial score (nSPS) is 10.7. The van der Waals surface area contributed by atoms with Gasteiger partial charge in [-0.25, -0.2) is 9.97 Å². The lowest BCUT2D eigenvalue weighted by molar-refractivity contribution is -0.116. The molecule has 2 aromatic heterocycles. The van der Waals surface area contributed by atoms with Gasteiger partial charge < -0.3 is 14.6 Å². The van der Waals surface area contributed by atoms with Crippen molar-refractivity contribution in [2.45, 2.75) is 26.7 Å². The average molecular weight is 370 g/mol. The summed E-state index contributed by atoms with van der Waals surface area (Å²) in [5.74, 6) is 1.63. The van der Waals surface area contributed by atoms with E-state index in [4.69, 9.17) is 4.74 Å². The first-order chi connectivity index (χ1) is 12.6. The predicted molar refractivity (Wildman–Crippen MR) is 104 cm³/mol. The molecule has 7 heteroatoms. The summed E-state index contributed by atoms with van der Waals surface area (Å²) in [5, 5.41) is 3.50. The molecule has 26 heavy (non-hydrogen) atoms. The van der Waals surface area contributed by atoms with Crippen LogP contribution in [-0.2, 0) is 18.3 Å². The van der Waals surface area contributed by atoms with Crippen LogP contribution in [0.25, 0.3) is 10.7 Å². The lowest BCUT2D eigenvalue weighted by atomic mass is 10.1. The van der Waals surface area contributed by atoms with Gasteiger partial charge in [-0.15, -0.1) is 0 Å². The van der Waals surface area contributed by atoms with Gasteiger partial charge >= 0.3 is 0 Å². The van der Waals surface area contributed by atoms with Gasteiger partial charge in [-0.3, -0.25) is 4.79 Å². The van der Waals surface area contributed by atoms with Crippen molar-refractivity contribution in [1.29, 1.82) is 0 Å². The first-order valence-electron chi connectivity index (χ1n) is 8.54. The Morgan fingerprint density at radius 2 is 2.15 bits per heavy atom. The molecule has 0 spiro atoms. The number of rotatable bonds is 7. The fourth-order valence-corrected chi connectivity index (χ4v) is 3.70. The Bertz CT molecular complexity index is 901. The van der Waals surface area contributed by atoms with Crippen molar-refractivity contribution in [3.8, 4) is 16.5 Å². The lowest BCUT2D eigenvalue weighted by Crippen LogP contribution is -2.12. The standard InChI is InChI=1S/C19H22N4O2S/c1-4-25-15-8-6-5-7-14(15)9-10-16(24)22-19-21-13(2)17(26-19)18-20-11-12-23(18)3/h5-8,11-12H,4,9-10H2,1-3H3,(H,21,22,24). The van der Waals surface area contributed by atoms with E-state index in [0.717, 1.165) is 27.7 Å². The van der Waals surface area contributed by atoms with Crippen molar-refractivity contribution < 1.29 is 9.53 Å². The van der Waals surface area contributed by atoms with E-state index >= 15 is 0 Å². The third kappa shape index (κ3) is 4.11. The minimum atomic E-state index is -0.0589. The van der Waals surface area contributed by atoms with Gasteiger partial charge in [-0.05, 0) is 31.9 Å². The zero-order valence-electron chi connectivity index (χ0n) is 15.2. The Labute approximate surface area is 156 Å². The maximum absolute atomic E-state index is 12.3. The van der Waals surface area contributed by atoms with E-state index in [1.54, 1.807) is 6.20 Å². The summed E-state index contributed by atoms with van der Waals surface area (Å²) in [6, 6.07) is 7.82. The number of benzene rings is 1. The van der Waals surface area contributed by atoms with E-state index < -0.39 is 0 Å². The molecule has 0 radical (unpaired) electrons. The van der Waals surface area contributed by atoms with E-state index in [-0.39, 0.29) is 5.91 Å². The third-order valence-corrected chi connectivity index (χ3v) is 5.03. The first-order valence-corrected chi connectivity index (χ1v) is 9.35. The number of nitrogens with zero attached hydrogens (tertiary/aromatic N) is 3. The highest BCUT2D eigenvalue weighted by Crippen LogP contribution is 2.31. The van der Waals surface area contributed by atoms with Gasteiger partial charge in [0, 0.05) is 25.9 Å². The molecule has 0 aliphatic carbocycles. The number of amides is 1. The number of carbonyl (C=O) groups excluding carboxylic acids is 1. The number of hydrogen-bond acceptors (Lipinski definition) is 5. The smallest absolute Gasteiger partial charge is 0.226 e. The van der Waals surface area contributed by atoms with Crippen molar-refractivity contribution in [2.75, 3.05) is 11.9 Å². The molecule has 0 aliphatic heterocycles. The van der Waals surface area contributed by atoms with Gasteiger partial charge in [-0.2, -0.15) is 0 Å². The lowest BCUT2D eigenvalue weighted by Gasteiger charge is -2.09. The van der Waals surface area contributed by atoms with Crippen molar-refractivity contribution in [3.05, 3.63) is 47.9 Å². The SMILES string of the molecule is CCOc1ccccc1CCC(=O)Nc1nc(C)c(-c2nccn2C)s1. The molecule has 0 bridgehead atoms. The van der Waals surface area contributed by atoms with E-state index in [9.17, 15) is 4.79 Å². The zero-order chi connectivity index (χ0) is 18.5. The van der Waals surface area contributed by atoms with Crippen LogP contribution in [-0.4, -0.2) is 27.0 Å². The Hall–Kier alpha value is -2.67. The molecule has 0 saturated heterocycles. The van der Waals surface area contributed by atoms with E-state index in [1.165, 1.54) is 11.3 Å². The van der Waals surface area contributed by atoms with Crippen LogP contribution in [0, 0.1) is 6.92 Å². The molecule has 1 amide bonds. The summed E-state index contributed by atoms with van der Waals surface area (Å²) in [6.45, 7) is 4.49. The van der Waals surface area contributed by atoms with Gasteiger partial charge in [0.05, 0.1) is 17.2 Å². The second kappa shape index (κ2) is 8.14. The van der Waals surface area contributed by atoms with Crippen molar-refractivity contribution in [1.82, 2.24) is 14.5 Å². The Morgan fingerprint density at radius 3 is 2.88 bits per heavy atom. The molecule has 2 heterocycles. The fraction of sp³-hybridized carbons (Fsp3) is 0.316. The van der Waals surface area contributed by atoms with Crippen molar-refractivity contribution in [2.24, 2.45) is 7.05 Å². The quantitative estimate of drug-likeness (QED) is 0.686. The molecular formula is C19H22N4O2S. The number of thiazole rings is 1. The van der Waals surface area contributed by atoms with Crippen LogP contribution < -0.4 is 10.1 Å². The van der Waals surface area contributed by atoms with Crippen LogP contribution in [0.5, 0.6) is 5.75 Å². The summed E-state index contributed by atoms with van der Waals surface area (Å²) in [4.78, 5) is 22.1. The van der Waals surface area contributed by atoms with E-state index in [0.29, 0.717) is 24.6 Å². The number of imidazole rings is 1. The highest BCUT2D eigenvalue weighted by molar-refractivity contribution is 7.19. The molecule has 0 aliphatic rings. The van der Waals surface area contributed by atoms with Gasteiger partial charge in [0.15, 0.2) is 11.0 Å². The van der Waals surface area contributed by atoms with Gasteiger partial charge in [0.1, 0.15) is 5.75 Å². The summed E-state index contributed by atoms with van der Waals surface area (Å²) >= 11 is 1.44. The van der Waals surface area contributed by atoms with Crippen LogP contribution in [0.15, 0.2) is 36.7 Å². The van der Waals surface area contributed by atoms with Crippen molar-refractivity contribution in [3.63, 3.8) is 0 Å². The van der Waals surface area contributed by atoms with Crippen LogP contribution in [0.2, 0.25) is 0 Å². The average Bonchev–Trinajstić information content (AvgIpc) is 3.19. The molecule has 3 rings (SSSR count). The van der Waals surface area contributed by atoms with Crippen LogP contribution in [0.4, 0.5) is 5.13 Å². The Morgan fingerprint density at radius 1 is 1.35 bits per heavy atom. The maximum atomic E-state index is 12.3. The molecule has 0 unspecified atom stereocenters. The van der Waals surface area contributed by atoms with Crippen LogP contribution in [0.3, 0.4) is 0 Å². The highest BCUT2D eigenvalue weighted by Gasteiger charge is 2.15. The summed E-state index contributed by atoms with van der Waals surface area (Å²) in [5.41, 5.74) is 1.90. The summed E-state index contributed by atoms with van der Waals surface area (Å²) in [6.07, 6.45) is 4.64. The van der Waals surface area contributed by atoms with Crippen LogP contribution in [0.1, 0.15) is 24.6 Å². The highest BCUT2D eigenvalue weighted by atomic mass is 32.1. The molecule has 0 atom stereocenters. The molecule has 136 valence electrons. The Kier molecular flexibility index (Phi) is 5.68. The molecule has 0 saturated carbocycles. The number of carbonyl (C=O) groups is 1. The molecule has 6 nitrogen and oxygen atoms in total. The summed E-state index contributed by atoms with van der Waals surface area (Å²) in [7, 11) is 1.94. The largest absolute Gasteiger partial charge is 0.494 e. The van der Waals surface area contributed by atoms with E-state index in [1.807, 2.05) is 55.9 Å². The number of ether oxygens (including phenoxy) is 1. The van der Waals surface area contributed by atoms with Gasteiger partial charge in [0.25, 0.3) is 0 Å². The van der Waals surface area contributed by atoms with Crippen molar-refractivity contribution >= 4 is 22.4 Å². The number of para-hydroxylation sites is 1. The second-order valence-electron chi connectivity index (χ2n) is 5.88. The maximum Gasteiger partial charge on any atom is 0.226 e.